The van der Waals surface area contributed by atoms with E-state index in [0.717, 1.165) is 12.1 Å². The van der Waals surface area contributed by atoms with Gasteiger partial charge in [0.1, 0.15) is 11.8 Å². The van der Waals surface area contributed by atoms with Crippen LogP contribution in [0.3, 0.4) is 0 Å². The smallest absolute Gasteiger partial charge is 0.163 e. The average molecular weight is 268 g/mol. The number of hydrogen-bond acceptors (Lipinski definition) is 4. The van der Waals surface area contributed by atoms with E-state index in [4.69, 9.17) is 14.7 Å². The van der Waals surface area contributed by atoms with E-state index in [1.807, 2.05) is 0 Å². The van der Waals surface area contributed by atoms with Gasteiger partial charge in [-0.25, -0.2) is 8.78 Å². The molecule has 6 heteroatoms. The normalized spacial score (nSPS) is 21.1. The van der Waals surface area contributed by atoms with Crippen LogP contribution in [0.15, 0.2) is 12.1 Å². The molecule has 1 aliphatic heterocycles. The summed E-state index contributed by atoms with van der Waals surface area (Å²) in [4.78, 5) is 0. The molecule has 0 radical (unpaired) electrons. The maximum absolute atomic E-state index is 13.6. The number of anilines is 1. The van der Waals surface area contributed by atoms with Gasteiger partial charge in [0.15, 0.2) is 17.4 Å². The summed E-state index contributed by atoms with van der Waals surface area (Å²) in [5, 5.41) is 11.2. The third-order valence-electron chi connectivity index (χ3n) is 2.75. The second-order valence-corrected chi connectivity index (χ2v) is 4.76. The van der Waals surface area contributed by atoms with Gasteiger partial charge in [-0.15, -0.1) is 0 Å². The van der Waals surface area contributed by atoms with Crippen LogP contribution >= 0.6 is 0 Å². The second kappa shape index (κ2) is 5.11. The molecule has 1 aromatic carbocycles. The van der Waals surface area contributed by atoms with Crippen LogP contribution in [-0.2, 0) is 9.47 Å². The Morgan fingerprint density at radius 1 is 1.42 bits per heavy atom. The van der Waals surface area contributed by atoms with Crippen molar-refractivity contribution in [1.29, 1.82) is 5.26 Å². The summed E-state index contributed by atoms with van der Waals surface area (Å²) < 4.78 is 38.1. The molecule has 1 heterocycles. The fourth-order valence-corrected chi connectivity index (χ4v) is 1.89. The highest BCUT2D eigenvalue weighted by atomic mass is 19.1. The van der Waals surface area contributed by atoms with Crippen LogP contribution in [0, 0.1) is 23.0 Å². The standard InChI is InChI=1S/C13H14F2N2O2/c1-13(2)18-7-9(19-13)6-17-12-10(14)3-8(5-16)4-11(12)15/h3-4,9,17H,6-7H2,1-2H3. The van der Waals surface area contributed by atoms with Crippen LogP contribution in [0.2, 0.25) is 0 Å². The van der Waals surface area contributed by atoms with Crippen LogP contribution in [0.5, 0.6) is 0 Å². The molecule has 0 aromatic heterocycles. The molecule has 0 spiro atoms. The van der Waals surface area contributed by atoms with Crippen molar-refractivity contribution in [2.24, 2.45) is 0 Å². The Balaban J connectivity index is 2.03. The van der Waals surface area contributed by atoms with Gasteiger partial charge < -0.3 is 14.8 Å². The van der Waals surface area contributed by atoms with E-state index in [1.165, 1.54) is 0 Å². The van der Waals surface area contributed by atoms with E-state index >= 15 is 0 Å². The minimum absolute atomic E-state index is 0.0536. The molecule has 102 valence electrons. The van der Waals surface area contributed by atoms with Crippen LogP contribution in [0.1, 0.15) is 19.4 Å². The lowest BCUT2D eigenvalue weighted by Crippen LogP contribution is -2.26. The van der Waals surface area contributed by atoms with Crippen molar-refractivity contribution in [3.8, 4) is 6.07 Å². The van der Waals surface area contributed by atoms with E-state index < -0.39 is 17.4 Å². The molecule has 4 nitrogen and oxygen atoms in total. The molecule has 1 unspecified atom stereocenters. The van der Waals surface area contributed by atoms with Gasteiger partial charge in [0.25, 0.3) is 0 Å². The number of nitriles is 1. The number of halogens is 2. The largest absolute Gasteiger partial charge is 0.378 e. The molecule has 0 saturated carbocycles. The second-order valence-electron chi connectivity index (χ2n) is 4.76. The maximum Gasteiger partial charge on any atom is 0.163 e. The molecule has 1 N–H and O–H groups in total. The van der Waals surface area contributed by atoms with Gasteiger partial charge in [-0.1, -0.05) is 0 Å². The van der Waals surface area contributed by atoms with Crippen LogP contribution in [-0.4, -0.2) is 25.0 Å². The lowest BCUT2D eigenvalue weighted by molar-refractivity contribution is -0.136. The van der Waals surface area contributed by atoms with E-state index in [-0.39, 0.29) is 23.9 Å². The first-order valence-electron chi connectivity index (χ1n) is 5.86. The number of ether oxygens (including phenoxy) is 2. The Kier molecular flexibility index (Phi) is 3.69. The van der Waals surface area contributed by atoms with Crippen LogP contribution < -0.4 is 5.32 Å². The highest BCUT2D eigenvalue weighted by molar-refractivity contribution is 5.50. The van der Waals surface area contributed by atoms with Gasteiger partial charge in [-0.05, 0) is 26.0 Å². The molecule has 1 aromatic rings. The zero-order chi connectivity index (χ0) is 14.0. The third kappa shape index (κ3) is 3.19. The monoisotopic (exact) mass is 268 g/mol. The zero-order valence-corrected chi connectivity index (χ0v) is 10.7. The first kappa shape index (κ1) is 13.7. The Bertz CT molecular complexity index is 503. The maximum atomic E-state index is 13.6. The van der Waals surface area contributed by atoms with Crippen LogP contribution in [0.4, 0.5) is 14.5 Å². The first-order chi connectivity index (χ1) is 8.91. The van der Waals surface area contributed by atoms with Gasteiger partial charge in [0, 0.05) is 6.54 Å². The topological polar surface area (TPSA) is 54.3 Å². The summed E-state index contributed by atoms with van der Waals surface area (Å²) in [6.07, 6.45) is -0.274. The van der Waals surface area contributed by atoms with Crippen molar-refractivity contribution >= 4 is 5.69 Å². The Morgan fingerprint density at radius 2 is 2.05 bits per heavy atom. The van der Waals surface area contributed by atoms with Gasteiger partial charge in [-0.2, -0.15) is 5.26 Å². The van der Waals surface area contributed by atoms with Crippen LogP contribution in [0.25, 0.3) is 0 Å². The van der Waals surface area contributed by atoms with Crippen molar-refractivity contribution in [3.63, 3.8) is 0 Å². The molecule has 1 atom stereocenters. The summed E-state index contributed by atoms with van der Waals surface area (Å²) in [6, 6.07) is 3.67. The van der Waals surface area contributed by atoms with Gasteiger partial charge in [-0.3, -0.25) is 0 Å². The number of benzene rings is 1. The van der Waals surface area contributed by atoms with Crippen molar-refractivity contribution in [2.45, 2.75) is 25.7 Å². The van der Waals surface area contributed by atoms with E-state index in [0.29, 0.717) is 6.61 Å². The Labute approximate surface area is 109 Å². The first-order valence-corrected chi connectivity index (χ1v) is 5.86. The molecule has 0 aliphatic carbocycles. The molecule has 2 rings (SSSR count). The molecule has 1 aliphatic rings. The number of nitrogens with one attached hydrogen (secondary N) is 1. The lowest BCUT2D eigenvalue weighted by Gasteiger charge is -2.17. The summed E-state index contributed by atoms with van der Waals surface area (Å²) >= 11 is 0. The van der Waals surface area contributed by atoms with E-state index in [2.05, 4.69) is 5.32 Å². The van der Waals surface area contributed by atoms with Crippen molar-refractivity contribution < 1.29 is 18.3 Å². The SMILES string of the molecule is CC1(C)OCC(CNc2c(F)cc(C#N)cc2F)O1. The number of nitrogens with zero attached hydrogens (tertiary/aromatic N) is 1. The summed E-state index contributed by atoms with van der Waals surface area (Å²) in [7, 11) is 0. The number of rotatable bonds is 3. The molecule has 1 fully saturated rings. The molecular weight excluding hydrogens is 254 g/mol. The quantitative estimate of drug-likeness (QED) is 0.914. The molecule has 0 amide bonds. The Hall–Kier alpha value is -1.71. The fraction of sp³-hybridized carbons (Fsp3) is 0.462. The zero-order valence-electron chi connectivity index (χ0n) is 10.7. The predicted molar refractivity (Wildman–Crippen MR) is 64.5 cm³/mol. The highest BCUT2D eigenvalue weighted by Crippen LogP contribution is 2.24. The van der Waals surface area contributed by atoms with Gasteiger partial charge in [0.2, 0.25) is 0 Å². The lowest BCUT2D eigenvalue weighted by atomic mass is 10.2. The molecular formula is C13H14F2N2O2. The van der Waals surface area contributed by atoms with E-state index in [9.17, 15) is 8.78 Å². The molecule has 1 saturated heterocycles. The van der Waals surface area contributed by atoms with Crippen molar-refractivity contribution in [1.82, 2.24) is 0 Å². The highest BCUT2D eigenvalue weighted by Gasteiger charge is 2.32. The summed E-state index contributed by atoms with van der Waals surface area (Å²) in [5.74, 6) is -2.27. The predicted octanol–water partition coefficient (Wildman–Crippen LogP) is 2.40. The Morgan fingerprint density at radius 3 is 2.53 bits per heavy atom. The minimum atomic E-state index is -0.797. The van der Waals surface area contributed by atoms with Crippen molar-refractivity contribution in [2.75, 3.05) is 18.5 Å². The third-order valence-corrected chi connectivity index (χ3v) is 2.75. The van der Waals surface area contributed by atoms with E-state index in [1.54, 1.807) is 19.9 Å². The fourth-order valence-electron chi connectivity index (χ4n) is 1.89. The van der Waals surface area contributed by atoms with Crippen molar-refractivity contribution in [3.05, 3.63) is 29.3 Å². The average Bonchev–Trinajstić information content (AvgIpc) is 2.67. The number of hydrogen-bond donors (Lipinski definition) is 1. The summed E-state index contributed by atoms with van der Waals surface area (Å²) in [6.45, 7) is 4.13. The minimum Gasteiger partial charge on any atom is -0.378 e. The summed E-state index contributed by atoms with van der Waals surface area (Å²) in [5.41, 5.74) is -0.311. The van der Waals surface area contributed by atoms with Gasteiger partial charge in [0.05, 0.1) is 18.2 Å². The molecule has 0 bridgehead atoms. The molecule has 19 heavy (non-hydrogen) atoms. The van der Waals surface area contributed by atoms with Gasteiger partial charge >= 0.3 is 0 Å².